The van der Waals surface area contributed by atoms with Crippen molar-refractivity contribution >= 4 is 5.91 Å². The zero-order valence-electron chi connectivity index (χ0n) is 15.2. The van der Waals surface area contributed by atoms with E-state index in [1.54, 1.807) is 19.1 Å². The minimum atomic E-state index is -0.710. The normalized spacial score (nSPS) is 10.6. The number of aromatic nitrogens is 3. The van der Waals surface area contributed by atoms with E-state index >= 15 is 0 Å². The summed E-state index contributed by atoms with van der Waals surface area (Å²) in [5, 5.41) is 6.62. The van der Waals surface area contributed by atoms with Crippen molar-refractivity contribution in [3.8, 4) is 5.69 Å². The summed E-state index contributed by atoms with van der Waals surface area (Å²) in [5.41, 5.74) is 0.665. The Balaban J connectivity index is 2.21. The number of carbonyl (C=O) groups excluding carboxylic acids is 1. The lowest BCUT2D eigenvalue weighted by Gasteiger charge is -2.12. The van der Waals surface area contributed by atoms with Crippen LogP contribution in [-0.2, 0) is 6.54 Å². The van der Waals surface area contributed by atoms with Crippen LogP contribution >= 0.6 is 0 Å². The molecule has 1 aromatic heterocycles. The lowest BCUT2D eigenvalue weighted by Crippen LogP contribution is -2.46. The van der Waals surface area contributed by atoms with Crippen LogP contribution in [0, 0.1) is 6.92 Å². The van der Waals surface area contributed by atoms with E-state index in [0.29, 0.717) is 12.2 Å². The van der Waals surface area contributed by atoms with Gasteiger partial charge in [0, 0.05) is 6.54 Å². The van der Waals surface area contributed by atoms with Gasteiger partial charge in [0.15, 0.2) is 0 Å². The molecule has 0 aliphatic heterocycles. The highest BCUT2D eigenvalue weighted by Gasteiger charge is 2.19. The van der Waals surface area contributed by atoms with Crippen LogP contribution in [0.5, 0.6) is 0 Å². The second-order valence-electron chi connectivity index (χ2n) is 6.11. The number of nitrogens with one attached hydrogen (secondary N) is 1. The molecule has 1 amide bonds. The molecule has 1 N–H and O–H groups in total. The van der Waals surface area contributed by atoms with Crippen molar-refractivity contribution in [1.82, 2.24) is 19.7 Å². The van der Waals surface area contributed by atoms with Crippen LogP contribution in [0.4, 0.5) is 0 Å². The molecular formula is C20H20N4O3. The van der Waals surface area contributed by atoms with E-state index in [1.807, 2.05) is 49.4 Å². The molecule has 3 rings (SSSR count). The molecule has 0 radical (unpaired) electrons. The van der Waals surface area contributed by atoms with E-state index in [2.05, 4.69) is 10.4 Å². The van der Waals surface area contributed by atoms with E-state index in [4.69, 9.17) is 0 Å². The number of rotatable bonds is 5. The minimum Gasteiger partial charge on any atom is -0.351 e. The Hall–Kier alpha value is -3.48. The number of hydrogen-bond donors (Lipinski definition) is 1. The Morgan fingerprint density at radius 3 is 2.33 bits per heavy atom. The molecule has 138 valence electrons. The SMILES string of the molecule is CCNC(=O)c1nn(-c2ccc(C)cc2)c(=O)n(Cc2ccccc2)c1=O. The first-order chi connectivity index (χ1) is 13.0. The van der Waals surface area contributed by atoms with Crippen LogP contribution in [-0.4, -0.2) is 26.8 Å². The Kier molecular flexibility index (Phi) is 5.30. The molecule has 3 aromatic rings. The minimum absolute atomic E-state index is 0.0549. The van der Waals surface area contributed by atoms with Gasteiger partial charge in [-0.1, -0.05) is 48.0 Å². The Bertz CT molecular complexity index is 1070. The van der Waals surface area contributed by atoms with E-state index in [-0.39, 0.29) is 12.2 Å². The highest BCUT2D eigenvalue weighted by atomic mass is 16.2. The van der Waals surface area contributed by atoms with E-state index < -0.39 is 17.2 Å². The predicted octanol–water partition coefficient (Wildman–Crippen LogP) is 1.50. The molecule has 7 nitrogen and oxygen atoms in total. The largest absolute Gasteiger partial charge is 0.352 e. The van der Waals surface area contributed by atoms with Crippen LogP contribution in [0.25, 0.3) is 5.69 Å². The molecule has 0 saturated heterocycles. The van der Waals surface area contributed by atoms with Gasteiger partial charge in [0.1, 0.15) is 0 Å². The average molecular weight is 364 g/mol. The molecule has 27 heavy (non-hydrogen) atoms. The van der Waals surface area contributed by atoms with Crippen LogP contribution in [0.15, 0.2) is 64.2 Å². The van der Waals surface area contributed by atoms with Gasteiger partial charge in [-0.05, 0) is 31.5 Å². The van der Waals surface area contributed by atoms with E-state index in [0.717, 1.165) is 20.4 Å². The first kappa shape index (κ1) is 18.3. The van der Waals surface area contributed by atoms with Gasteiger partial charge in [-0.3, -0.25) is 14.2 Å². The summed E-state index contributed by atoms with van der Waals surface area (Å²) in [6, 6.07) is 16.2. The summed E-state index contributed by atoms with van der Waals surface area (Å²) < 4.78 is 2.13. The third-order valence-electron chi connectivity index (χ3n) is 4.07. The summed E-state index contributed by atoms with van der Waals surface area (Å²) in [7, 11) is 0. The summed E-state index contributed by atoms with van der Waals surface area (Å²) in [6.45, 7) is 4.08. The highest BCUT2D eigenvalue weighted by Crippen LogP contribution is 2.06. The maximum atomic E-state index is 12.9. The molecule has 0 unspecified atom stereocenters. The molecule has 1 heterocycles. The Labute approximate surface area is 155 Å². The van der Waals surface area contributed by atoms with Gasteiger partial charge in [-0.25, -0.2) is 4.79 Å². The van der Waals surface area contributed by atoms with Crippen LogP contribution < -0.4 is 16.6 Å². The number of amides is 1. The monoisotopic (exact) mass is 364 g/mol. The Morgan fingerprint density at radius 2 is 1.70 bits per heavy atom. The maximum Gasteiger partial charge on any atom is 0.352 e. The summed E-state index contributed by atoms with van der Waals surface area (Å²) in [6.07, 6.45) is 0. The lowest BCUT2D eigenvalue weighted by molar-refractivity contribution is 0.0946. The summed E-state index contributed by atoms with van der Waals surface area (Å²) in [5.74, 6) is -0.606. The average Bonchev–Trinajstić information content (AvgIpc) is 2.67. The molecule has 0 fully saturated rings. The van der Waals surface area contributed by atoms with Crippen molar-refractivity contribution in [2.24, 2.45) is 0 Å². The standard InChI is InChI=1S/C20H20N4O3/c1-3-21-18(25)17-19(26)23(13-15-7-5-4-6-8-15)20(27)24(22-17)16-11-9-14(2)10-12-16/h4-12H,3,13H2,1-2H3,(H,21,25). The molecule has 0 spiro atoms. The second-order valence-corrected chi connectivity index (χ2v) is 6.11. The molecule has 0 aliphatic carbocycles. The molecule has 0 saturated carbocycles. The van der Waals surface area contributed by atoms with Crippen molar-refractivity contribution < 1.29 is 4.79 Å². The van der Waals surface area contributed by atoms with Gasteiger partial charge in [-0.2, -0.15) is 9.78 Å². The van der Waals surface area contributed by atoms with Gasteiger partial charge in [0.05, 0.1) is 12.2 Å². The summed E-state index contributed by atoms with van der Waals surface area (Å²) in [4.78, 5) is 38.0. The van der Waals surface area contributed by atoms with Gasteiger partial charge in [0.25, 0.3) is 11.5 Å². The first-order valence-electron chi connectivity index (χ1n) is 8.64. The Morgan fingerprint density at radius 1 is 1.04 bits per heavy atom. The van der Waals surface area contributed by atoms with E-state index in [1.165, 1.54) is 0 Å². The van der Waals surface area contributed by atoms with Crippen LogP contribution in [0.1, 0.15) is 28.5 Å². The van der Waals surface area contributed by atoms with Crippen molar-refractivity contribution in [2.45, 2.75) is 20.4 Å². The molecule has 2 aromatic carbocycles. The number of benzene rings is 2. The van der Waals surface area contributed by atoms with Crippen molar-refractivity contribution in [1.29, 1.82) is 0 Å². The third kappa shape index (κ3) is 3.87. The molecular weight excluding hydrogens is 344 g/mol. The van der Waals surface area contributed by atoms with E-state index in [9.17, 15) is 14.4 Å². The smallest absolute Gasteiger partial charge is 0.351 e. The highest BCUT2D eigenvalue weighted by molar-refractivity contribution is 5.91. The number of nitrogens with zero attached hydrogens (tertiary/aromatic N) is 3. The third-order valence-corrected chi connectivity index (χ3v) is 4.07. The van der Waals surface area contributed by atoms with Gasteiger partial charge >= 0.3 is 5.69 Å². The van der Waals surface area contributed by atoms with Crippen molar-refractivity contribution in [3.05, 3.63) is 92.3 Å². The van der Waals surface area contributed by atoms with Gasteiger partial charge in [0.2, 0.25) is 5.69 Å². The zero-order valence-corrected chi connectivity index (χ0v) is 15.2. The molecule has 0 bridgehead atoms. The molecule has 7 heteroatoms. The fourth-order valence-corrected chi connectivity index (χ4v) is 2.66. The van der Waals surface area contributed by atoms with Gasteiger partial charge < -0.3 is 5.32 Å². The molecule has 0 atom stereocenters. The molecule has 0 aliphatic rings. The summed E-state index contributed by atoms with van der Waals surface area (Å²) >= 11 is 0. The number of carbonyl (C=O) groups is 1. The fourth-order valence-electron chi connectivity index (χ4n) is 2.66. The fraction of sp³-hybridized carbons (Fsp3) is 0.200. The number of hydrogen-bond acceptors (Lipinski definition) is 4. The van der Waals surface area contributed by atoms with Crippen LogP contribution in [0.2, 0.25) is 0 Å². The first-order valence-corrected chi connectivity index (χ1v) is 8.64. The zero-order chi connectivity index (χ0) is 19.4. The van der Waals surface area contributed by atoms with Gasteiger partial charge in [-0.15, -0.1) is 0 Å². The van der Waals surface area contributed by atoms with Crippen molar-refractivity contribution in [2.75, 3.05) is 6.54 Å². The second kappa shape index (κ2) is 7.82. The van der Waals surface area contributed by atoms with Crippen molar-refractivity contribution in [3.63, 3.8) is 0 Å². The quantitative estimate of drug-likeness (QED) is 0.743. The predicted molar refractivity (Wildman–Crippen MR) is 102 cm³/mol. The lowest BCUT2D eigenvalue weighted by atomic mass is 10.2. The topological polar surface area (TPSA) is 86.0 Å². The number of aryl methyl sites for hydroxylation is 1. The van der Waals surface area contributed by atoms with Crippen LogP contribution in [0.3, 0.4) is 0 Å². The maximum absolute atomic E-state index is 12.9.